The number of furan rings is 1. The van der Waals surface area contributed by atoms with E-state index in [1.54, 1.807) is 7.11 Å². The summed E-state index contributed by atoms with van der Waals surface area (Å²) in [5.41, 5.74) is 1.43. The Hall–Kier alpha value is -2.01. The van der Waals surface area contributed by atoms with E-state index in [-0.39, 0.29) is 24.5 Å². The molecule has 0 spiro atoms. The second kappa shape index (κ2) is 5.81. The summed E-state index contributed by atoms with van der Waals surface area (Å²) < 4.78 is 11.2. The lowest BCUT2D eigenvalue weighted by molar-refractivity contribution is 0.0835. The lowest BCUT2D eigenvalue weighted by atomic mass is 9.85. The van der Waals surface area contributed by atoms with Gasteiger partial charge in [-0.2, -0.15) is 0 Å². The molecule has 4 rings (SSSR count). The monoisotopic (exact) mass is 329 g/mol. The zero-order chi connectivity index (χ0) is 16.8. The van der Waals surface area contributed by atoms with Crippen LogP contribution in [0.4, 0.5) is 0 Å². The standard InChI is InChI=1S/C19H23NO4/c1-10-13-4-3-5-15(23-2)18(13)24-17(10)19(22)20-16-12-7-6-11(8-12)14(16)9-21/h3-5,11-12,14,16,21H,6-9H2,1-2H3,(H,20,22). The van der Waals surface area contributed by atoms with Gasteiger partial charge in [-0.15, -0.1) is 0 Å². The third-order valence-electron chi connectivity index (χ3n) is 5.95. The van der Waals surface area contributed by atoms with Gasteiger partial charge in [0.1, 0.15) is 0 Å². The van der Waals surface area contributed by atoms with Crippen LogP contribution in [0.25, 0.3) is 11.0 Å². The first-order valence-corrected chi connectivity index (χ1v) is 8.61. The predicted molar refractivity (Wildman–Crippen MR) is 90.2 cm³/mol. The molecule has 1 amide bonds. The molecule has 1 aromatic heterocycles. The van der Waals surface area contributed by atoms with Crippen molar-refractivity contribution in [2.24, 2.45) is 17.8 Å². The summed E-state index contributed by atoms with van der Waals surface area (Å²) in [6.45, 7) is 2.03. The van der Waals surface area contributed by atoms with E-state index >= 15 is 0 Å². The summed E-state index contributed by atoms with van der Waals surface area (Å²) in [6, 6.07) is 5.70. The normalized spacial score (nSPS) is 28.5. The summed E-state index contributed by atoms with van der Waals surface area (Å²) in [5, 5.41) is 13.7. The molecule has 24 heavy (non-hydrogen) atoms. The number of hydrogen-bond acceptors (Lipinski definition) is 4. The molecule has 2 aromatic rings. The molecule has 2 saturated carbocycles. The molecular formula is C19H23NO4. The van der Waals surface area contributed by atoms with E-state index < -0.39 is 0 Å². The number of aliphatic hydroxyl groups is 1. The van der Waals surface area contributed by atoms with Crippen molar-refractivity contribution in [1.82, 2.24) is 5.32 Å². The van der Waals surface area contributed by atoms with Gasteiger partial charge >= 0.3 is 0 Å². The summed E-state index contributed by atoms with van der Waals surface area (Å²) >= 11 is 0. The first-order chi connectivity index (χ1) is 11.6. The maximum absolute atomic E-state index is 12.8. The molecule has 2 fully saturated rings. The Bertz CT molecular complexity index is 781. The van der Waals surface area contributed by atoms with Crippen molar-refractivity contribution in [3.63, 3.8) is 0 Å². The predicted octanol–water partition coefficient (Wildman–Crippen LogP) is 2.89. The fourth-order valence-corrected chi connectivity index (χ4v) is 4.71. The molecular weight excluding hydrogens is 306 g/mol. The van der Waals surface area contributed by atoms with E-state index in [9.17, 15) is 9.90 Å². The molecule has 0 saturated heterocycles. The van der Waals surface area contributed by atoms with Gasteiger partial charge in [0.2, 0.25) is 0 Å². The number of rotatable bonds is 4. The third kappa shape index (κ3) is 2.22. The van der Waals surface area contributed by atoms with Gasteiger partial charge in [-0.3, -0.25) is 4.79 Å². The zero-order valence-corrected chi connectivity index (χ0v) is 14.0. The van der Waals surface area contributed by atoms with Gasteiger partial charge in [0.25, 0.3) is 5.91 Å². The SMILES string of the molecule is COc1cccc2c(C)c(C(=O)NC3C4CCC(C4)C3CO)oc12. The summed E-state index contributed by atoms with van der Waals surface area (Å²) in [6.07, 6.45) is 3.42. The summed E-state index contributed by atoms with van der Waals surface area (Å²) in [7, 11) is 1.59. The van der Waals surface area contributed by atoms with Crippen LogP contribution in [0.5, 0.6) is 5.75 Å². The number of benzene rings is 1. The van der Waals surface area contributed by atoms with Crippen LogP contribution in [-0.4, -0.2) is 30.8 Å². The Kier molecular flexibility index (Phi) is 3.76. The number of aliphatic hydroxyl groups excluding tert-OH is 1. The first kappa shape index (κ1) is 15.5. The molecule has 1 heterocycles. The Labute approximate surface area is 141 Å². The Balaban J connectivity index is 1.63. The smallest absolute Gasteiger partial charge is 0.287 e. The number of hydrogen-bond donors (Lipinski definition) is 2. The van der Waals surface area contributed by atoms with Crippen LogP contribution in [0.3, 0.4) is 0 Å². The van der Waals surface area contributed by atoms with Crippen LogP contribution in [0.1, 0.15) is 35.4 Å². The van der Waals surface area contributed by atoms with Crippen LogP contribution in [0, 0.1) is 24.7 Å². The number of carbonyl (C=O) groups is 1. The van der Waals surface area contributed by atoms with Crippen molar-refractivity contribution in [2.45, 2.75) is 32.2 Å². The zero-order valence-electron chi connectivity index (χ0n) is 14.0. The average Bonchev–Trinajstić information content (AvgIpc) is 3.28. The Morgan fingerprint density at radius 2 is 2.17 bits per heavy atom. The van der Waals surface area contributed by atoms with E-state index in [1.807, 2.05) is 25.1 Å². The van der Waals surface area contributed by atoms with Gasteiger partial charge in [0.15, 0.2) is 17.1 Å². The maximum Gasteiger partial charge on any atom is 0.287 e. The number of para-hydroxylation sites is 1. The molecule has 4 atom stereocenters. The Morgan fingerprint density at radius 1 is 1.38 bits per heavy atom. The van der Waals surface area contributed by atoms with Crippen molar-refractivity contribution in [1.29, 1.82) is 0 Å². The number of aryl methyl sites for hydroxylation is 1. The molecule has 2 aliphatic rings. The van der Waals surface area contributed by atoms with Crippen LogP contribution in [0.15, 0.2) is 22.6 Å². The molecule has 2 bridgehead atoms. The van der Waals surface area contributed by atoms with Crippen LogP contribution >= 0.6 is 0 Å². The van der Waals surface area contributed by atoms with Crippen LogP contribution in [-0.2, 0) is 0 Å². The highest BCUT2D eigenvalue weighted by atomic mass is 16.5. The van der Waals surface area contributed by atoms with Crippen molar-refractivity contribution in [3.05, 3.63) is 29.5 Å². The molecule has 5 nitrogen and oxygen atoms in total. The van der Waals surface area contributed by atoms with Gasteiger partial charge in [-0.25, -0.2) is 0 Å². The molecule has 0 radical (unpaired) electrons. The lowest BCUT2D eigenvalue weighted by Gasteiger charge is -2.30. The lowest BCUT2D eigenvalue weighted by Crippen LogP contribution is -2.45. The van der Waals surface area contributed by atoms with Crippen LogP contribution in [0.2, 0.25) is 0 Å². The quantitative estimate of drug-likeness (QED) is 0.905. The molecule has 5 heteroatoms. The number of carbonyl (C=O) groups excluding carboxylic acids is 1. The number of methoxy groups -OCH3 is 1. The van der Waals surface area contributed by atoms with Gasteiger partial charge in [-0.05, 0) is 44.1 Å². The van der Waals surface area contributed by atoms with E-state index in [0.29, 0.717) is 28.9 Å². The number of fused-ring (bicyclic) bond motifs is 3. The minimum absolute atomic E-state index is 0.0516. The average molecular weight is 329 g/mol. The number of ether oxygens (including phenoxy) is 1. The van der Waals surface area contributed by atoms with Gasteiger partial charge < -0.3 is 19.6 Å². The van der Waals surface area contributed by atoms with Crippen molar-refractivity contribution in [3.8, 4) is 5.75 Å². The minimum atomic E-state index is -0.193. The second-order valence-corrected chi connectivity index (χ2v) is 7.07. The van der Waals surface area contributed by atoms with E-state index in [2.05, 4.69) is 5.32 Å². The minimum Gasteiger partial charge on any atom is -0.493 e. The first-order valence-electron chi connectivity index (χ1n) is 8.61. The molecule has 1 aromatic carbocycles. The van der Waals surface area contributed by atoms with Gasteiger partial charge in [-0.1, -0.05) is 12.1 Å². The molecule has 2 N–H and O–H groups in total. The van der Waals surface area contributed by atoms with Crippen molar-refractivity contribution < 1.29 is 19.1 Å². The fourth-order valence-electron chi connectivity index (χ4n) is 4.71. The number of nitrogens with one attached hydrogen (secondary N) is 1. The van der Waals surface area contributed by atoms with E-state index in [4.69, 9.17) is 9.15 Å². The molecule has 2 aliphatic carbocycles. The third-order valence-corrected chi connectivity index (χ3v) is 5.95. The van der Waals surface area contributed by atoms with Crippen molar-refractivity contribution in [2.75, 3.05) is 13.7 Å². The fraction of sp³-hybridized carbons (Fsp3) is 0.526. The topological polar surface area (TPSA) is 71.7 Å². The van der Waals surface area contributed by atoms with E-state index in [0.717, 1.165) is 23.8 Å². The second-order valence-electron chi connectivity index (χ2n) is 7.07. The maximum atomic E-state index is 12.8. The van der Waals surface area contributed by atoms with Crippen LogP contribution < -0.4 is 10.1 Å². The summed E-state index contributed by atoms with van der Waals surface area (Å²) in [4.78, 5) is 12.8. The molecule has 128 valence electrons. The highest BCUT2D eigenvalue weighted by Gasteiger charge is 2.48. The number of amides is 1. The molecule has 4 unspecified atom stereocenters. The van der Waals surface area contributed by atoms with Gasteiger partial charge in [0, 0.05) is 29.5 Å². The van der Waals surface area contributed by atoms with Crippen molar-refractivity contribution >= 4 is 16.9 Å². The highest BCUT2D eigenvalue weighted by Crippen LogP contribution is 2.48. The molecule has 0 aliphatic heterocycles. The largest absolute Gasteiger partial charge is 0.493 e. The van der Waals surface area contributed by atoms with E-state index in [1.165, 1.54) is 6.42 Å². The Morgan fingerprint density at radius 3 is 2.92 bits per heavy atom. The van der Waals surface area contributed by atoms with Gasteiger partial charge in [0.05, 0.1) is 7.11 Å². The summed E-state index contributed by atoms with van der Waals surface area (Å²) in [5.74, 6) is 1.97. The highest BCUT2D eigenvalue weighted by molar-refractivity contribution is 6.00.